The van der Waals surface area contributed by atoms with Crippen molar-refractivity contribution in [1.82, 2.24) is 19.5 Å². The number of likely N-dealkylation sites (tertiary alicyclic amines) is 1. The number of hydrogen-bond acceptors (Lipinski definition) is 4. The summed E-state index contributed by atoms with van der Waals surface area (Å²) in [7, 11) is 1.66. The summed E-state index contributed by atoms with van der Waals surface area (Å²) in [5.74, 6) is 1.41. The molecular weight excluding hydrogens is 318 g/mol. The lowest BCUT2D eigenvalue weighted by atomic mass is 10.0. The summed E-state index contributed by atoms with van der Waals surface area (Å²) < 4.78 is 7.09. The standard InChI is InChI=1S/C18H19N5O2/c1-25-15-7-3-2-5-13(15)14-6-4-12-22(14)18(24)21-17-8-10-19-16-9-11-20-23(16)17/h2-3,5,7-11,14H,4,6,12H2,1H3,(H,21,24). The summed E-state index contributed by atoms with van der Waals surface area (Å²) in [6, 6.07) is 11.3. The van der Waals surface area contributed by atoms with Crippen LogP contribution in [0, 0.1) is 0 Å². The van der Waals surface area contributed by atoms with E-state index < -0.39 is 0 Å². The fourth-order valence-electron chi connectivity index (χ4n) is 3.39. The molecule has 1 aliphatic rings. The van der Waals surface area contributed by atoms with Crippen LogP contribution in [0.4, 0.5) is 10.6 Å². The Labute approximate surface area is 145 Å². The number of para-hydroxylation sites is 1. The van der Waals surface area contributed by atoms with Gasteiger partial charge in [0, 0.05) is 24.4 Å². The number of aromatic nitrogens is 3. The molecule has 1 unspecified atom stereocenters. The summed E-state index contributed by atoms with van der Waals surface area (Å²) in [4.78, 5) is 18.9. The zero-order valence-electron chi connectivity index (χ0n) is 13.9. The number of ether oxygens (including phenoxy) is 1. The van der Waals surface area contributed by atoms with Crippen molar-refractivity contribution in [2.45, 2.75) is 18.9 Å². The zero-order chi connectivity index (χ0) is 17.2. The van der Waals surface area contributed by atoms with E-state index in [-0.39, 0.29) is 12.1 Å². The lowest BCUT2D eigenvalue weighted by molar-refractivity contribution is 0.206. The predicted octanol–water partition coefficient (Wildman–Crippen LogP) is 3.11. The fraction of sp³-hybridized carbons (Fsp3) is 0.278. The Morgan fingerprint density at radius 1 is 1.24 bits per heavy atom. The fourth-order valence-corrected chi connectivity index (χ4v) is 3.39. The number of nitrogens with one attached hydrogen (secondary N) is 1. The third-order valence-corrected chi connectivity index (χ3v) is 4.54. The second-order valence-electron chi connectivity index (χ2n) is 5.95. The van der Waals surface area contributed by atoms with Gasteiger partial charge in [0.15, 0.2) is 5.65 Å². The summed E-state index contributed by atoms with van der Waals surface area (Å²) in [5.41, 5.74) is 1.73. The van der Waals surface area contributed by atoms with Crippen molar-refractivity contribution < 1.29 is 9.53 Å². The molecule has 1 saturated heterocycles. The van der Waals surface area contributed by atoms with Gasteiger partial charge in [0.1, 0.15) is 11.6 Å². The van der Waals surface area contributed by atoms with Gasteiger partial charge in [-0.2, -0.15) is 9.61 Å². The number of urea groups is 1. The molecule has 0 spiro atoms. The molecule has 1 fully saturated rings. The number of methoxy groups -OCH3 is 1. The highest BCUT2D eigenvalue weighted by Crippen LogP contribution is 2.37. The normalized spacial score (nSPS) is 17.0. The lowest BCUT2D eigenvalue weighted by Gasteiger charge is -2.26. The van der Waals surface area contributed by atoms with E-state index in [9.17, 15) is 4.79 Å². The third kappa shape index (κ3) is 2.77. The molecule has 4 rings (SSSR count). The van der Waals surface area contributed by atoms with Gasteiger partial charge in [-0.15, -0.1) is 0 Å². The highest BCUT2D eigenvalue weighted by Gasteiger charge is 2.32. The Hall–Kier alpha value is -3.09. The molecule has 3 heterocycles. The minimum atomic E-state index is -0.142. The summed E-state index contributed by atoms with van der Waals surface area (Å²) >= 11 is 0. The molecule has 0 radical (unpaired) electrons. The van der Waals surface area contributed by atoms with Gasteiger partial charge in [0.05, 0.1) is 19.3 Å². The number of rotatable bonds is 3. The first-order valence-electron chi connectivity index (χ1n) is 8.27. The number of benzene rings is 1. The van der Waals surface area contributed by atoms with Crippen molar-refractivity contribution in [3.8, 4) is 5.75 Å². The molecule has 3 aromatic rings. The molecule has 0 saturated carbocycles. The summed E-state index contributed by atoms with van der Waals surface area (Å²) in [6.45, 7) is 0.710. The summed E-state index contributed by atoms with van der Waals surface area (Å²) in [5, 5.41) is 7.16. The van der Waals surface area contributed by atoms with Crippen LogP contribution in [-0.4, -0.2) is 39.2 Å². The lowest BCUT2D eigenvalue weighted by Crippen LogP contribution is -2.35. The largest absolute Gasteiger partial charge is 0.496 e. The van der Waals surface area contributed by atoms with E-state index in [2.05, 4.69) is 15.4 Å². The van der Waals surface area contributed by atoms with Gasteiger partial charge in [0.2, 0.25) is 0 Å². The predicted molar refractivity (Wildman–Crippen MR) is 93.7 cm³/mol. The SMILES string of the molecule is COc1ccccc1C1CCCN1C(=O)Nc1ccnc2ccnn12. The number of fused-ring (bicyclic) bond motifs is 1. The molecule has 2 aromatic heterocycles. The van der Waals surface area contributed by atoms with Gasteiger partial charge in [-0.1, -0.05) is 18.2 Å². The van der Waals surface area contributed by atoms with Gasteiger partial charge in [0.25, 0.3) is 0 Å². The molecule has 1 aromatic carbocycles. The van der Waals surface area contributed by atoms with Crippen molar-refractivity contribution in [2.24, 2.45) is 0 Å². The number of carbonyl (C=O) groups is 1. The van der Waals surface area contributed by atoms with Crippen molar-refractivity contribution in [3.05, 3.63) is 54.4 Å². The first-order chi connectivity index (χ1) is 12.3. The van der Waals surface area contributed by atoms with Crippen LogP contribution in [0.2, 0.25) is 0 Å². The minimum absolute atomic E-state index is 0.00565. The van der Waals surface area contributed by atoms with Gasteiger partial charge in [-0.05, 0) is 25.0 Å². The average Bonchev–Trinajstić information content (AvgIpc) is 3.31. The number of carbonyl (C=O) groups excluding carboxylic acids is 1. The second kappa shape index (κ2) is 6.43. The van der Waals surface area contributed by atoms with Crippen LogP contribution in [0.3, 0.4) is 0 Å². The van der Waals surface area contributed by atoms with E-state index >= 15 is 0 Å². The maximum atomic E-state index is 12.9. The van der Waals surface area contributed by atoms with Crippen molar-refractivity contribution in [2.75, 3.05) is 19.0 Å². The highest BCUT2D eigenvalue weighted by atomic mass is 16.5. The van der Waals surface area contributed by atoms with E-state index in [4.69, 9.17) is 4.74 Å². The number of hydrogen-bond donors (Lipinski definition) is 1. The van der Waals surface area contributed by atoms with E-state index in [0.29, 0.717) is 18.0 Å². The van der Waals surface area contributed by atoms with Crippen molar-refractivity contribution >= 4 is 17.5 Å². The number of anilines is 1. The average molecular weight is 337 g/mol. The van der Waals surface area contributed by atoms with Crippen LogP contribution >= 0.6 is 0 Å². The number of amides is 2. The minimum Gasteiger partial charge on any atom is -0.496 e. The highest BCUT2D eigenvalue weighted by molar-refractivity contribution is 5.89. The van der Waals surface area contributed by atoms with Crippen molar-refractivity contribution in [1.29, 1.82) is 0 Å². The van der Waals surface area contributed by atoms with Gasteiger partial charge < -0.3 is 9.64 Å². The molecule has 7 nitrogen and oxygen atoms in total. The van der Waals surface area contributed by atoms with Crippen LogP contribution in [0.5, 0.6) is 5.75 Å². The van der Waals surface area contributed by atoms with Crippen LogP contribution in [0.25, 0.3) is 5.65 Å². The van der Waals surface area contributed by atoms with Gasteiger partial charge in [-0.3, -0.25) is 5.32 Å². The monoisotopic (exact) mass is 337 g/mol. The van der Waals surface area contributed by atoms with Crippen LogP contribution in [0.1, 0.15) is 24.4 Å². The Balaban J connectivity index is 1.60. The zero-order valence-corrected chi connectivity index (χ0v) is 13.9. The molecular formula is C18H19N5O2. The Bertz CT molecular complexity index is 907. The van der Waals surface area contributed by atoms with Crippen LogP contribution in [0.15, 0.2) is 48.8 Å². The first kappa shape index (κ1) is 15.4. The molecule has 1 aliphatic heterocycles. The molecule has 128 valence electrons. The quantitative estimate of drug-likeness (QED) is 0.797. The summed E-state index contributed by atoms with van der Waals surface area (Å²) in [6.07, 6.45) is 5.20. The number of nitrogens with zero attached hydrogens (tertiary/aromatic N) is 4. The molecule has 0 bridgehead atoms. The van der Waals surface area contributed by atoms with Crippen LogP contribution < -0.4 is 10.1 Å². The topological polar surface area (TPSA) is 71.8 Å². The van der Waals surface area contributed by atoms with Crippen molar-refractivity contribution in [3.63, 3.8) is 0 Å². The smallest absolute Gasteiger partial charge is 0.323 e. The molecule has 1 atom stereocenters. The first-order valence-corrected chi connectivity index (χ1v) is 8.27. The maximum Gasteiger partial charge on any atom is 0.323 e. The van der Waals surface area contributed by atoms with Gasteiger partial charge in [-0.25, -0.2) is 9.78 Å². The molecule has 2 amide bonds. The van der Waals surface area contributed by atoms with Gasteiger partial charge >= 0.3 is 6.03 Å². The molecule has 0 aliphatic carbocycles. The Morgan fingerprint density at radius 3 is 3.00 bits per heavy atom. The Kier molecular flexibility index (Phi) is 3.97. The second-order valence-corrected chi connectivity index (χ2v) is 5.95. The van der Waals surface area contributed by atoms with E-state index in [1.165, 1.54) is 0 Å². The van der Waals surface area contributed by atoms with E-state index in [1.807, 2.05) is 29.2 Å². The van der Waals surface area contributed by atoms with E-state index in [0.717, 1.165) is 24.2 Å². The third-order valence-electron chi connectivity index (χ3n) is 4.54. The molecule has 1 N–H and O–H groups in total. The van der Waals surface area contributed by atoms with Crippen LogP contribution in [-0.2, 0) is 0 Å². The molecule has 25 heavy (non-hydrogen) atoms. The van der Waals surface area contributed by atoms with E-state index in [1.54, 1.807) is 36.2 Å². The Morgan fingerprint density at radius 2 is 2.12 bits per heavy atom. The molecule has 7 heteroatoms. The maximum absolute atomic E-state index is 12.9.